The van der Waals surface area contributed by atoms with Crippen LogP contribution in [0.15, 0.2) is 30.3 Å². The highest BCUT2D eigenvalue weighted by molar-refractivity contribution is 5.57. The van der Waals surface area contributed by atoms with Crippen molar-refractivity contribution < 1.29 is 9.47 Å². The Morgan fingerprint density at radius 3 is 2.88 bits per heavy atom. The average Bonchev–Trinajstić information content (AvgIpc) is 3.26. The van der Waals surface area contributed by atoms with E-state index in [2.05, 4.69) is 33.3 Å². The number of hydrogen-bond donors (Lipinski definition) is 1. The van der Waals surface area contributed by atoms with Crippen molar-refractivity contribution in [3.63, 3.8) is 0 Å². The topological polar surface area (TPSA) is 63.3 Å². The summed E-state index contributed by atoms with van der Waals surface area (Å²) in [5, 5.41) is 7.59. The number of ether oxygens (including phenoxy) is 2. The Morgan fingerprint density at radius 2 is 2.12 bits per heavy atom. The Labute approximate surface area is 154 Å². The molecule has 1 N–H and O–H groups in total. The predicted octanol–water partition coefficient (Wildman–Crippen LogP) is 3.17. The average molecular weight is 354 g/mol. The fourth-order valence-electron chi connectivity index (χ4n) is 3.60. The number of rotatable bonds is 7. The molecule has 2 fully saturated rings. The summed E-state index contributed by atoms with van der Waals surface area (Å²) in [7, 11) is 3.49. The van der Waals surface area contributed by atoms with Crippen molar-refractivity contribution in [2.75, 3.05) is 27.3 Å². The molecular weight excluding hydrogens is 328 g/mol. The van der Waals surface area contributed by atoms with Gasteiger partial charge in [-0.1, -0.05) is 30.4 Å². The van der Waals surface area contributed by atoms with Gasteiger partial charge in [-0.25, -0.2) is 4.98 Å². The number of nitrogens with zero attached hydrogens (tertiary/aromatic N) is 3. The maximum atomic E-state index is 5.61. The van der Waals surface area contributed by atoms with Gasteiger partial charge in [0.15, 0.2) is 5.82 Å². The van der Waals surface area contributed by atoms with Crippen LogP contribution in [0, 0.1) is 0 Å². The number of aromatic amines is 1. The Kier molecular flexibility index (Phi) is 5.04. The summed E-state index contributed by atoms with van der Waals surface area (Å²) in [6.07, 6.45) is 7.90. The van der Waals surface area contributed by atoms with Crippen LogP contribution in [0.5, 0.6) is 5.75 Å². The Bertz CT molecular complexity index is 769. The predicted molar refractivity (Wildman–Crippen MR) is 100 cm³/mol. The highest BCUT2D eigenvalue weighted by Gasteiger charge is 2.36. The first-order valence-electron chi connectivity index (χ1n) is 9.27. The van der Waals surface area contributed by atoms with Crippen molar-refractivity contribution in [3.05, 3.63) is 47.6 Å². The largest absolute Gasteiger partial charge is 0.496 e. The normalized spacial score (nSPS) is 23.8. The first-order valence-corrected chi connectivity index (χ1v) is 9.27. The zero-order chi connectivity index (χ0) is 17.9. The van der Waals surface area contributed by atoms with E-state index in [0.29, 0.717) is 5.92 Å². The van der Waals surface area contributed by atoms with Gasteiger partial charge in [0, 0.05) is 31.7 Å². The van der Waals surface area contributed by atoms with Gasteiger partial charge in [-0.2, -0.15) is 5.10 Å². The molecule has 6 nitrogen and oxygen atoms in total. The second-order valence-electron chi connectivity index (χ2n) is 7.06. The van der Waals surface area contributed by atoms with E-state index in [9.17, 15) is 0 Å². The summed E-state index contributed by atoms with van der Waals surface area (Å²) in [5.41, 5.74) is 1.09. The van der Waals surface area contributed by atoms with Gasteiger partial charge < -0.3 is 9.47 Å². The zero-order valence-corrected chi connectivity index (χ0v) is 15.4. The van der Waals surface area contributed by atoms with Crippen molar-refractivity contribution in [3.8, 4) is 5.75 Å². The number of nitrogens with one attached hydrogen (secondary N) is 1. The highest BCUT2D eigenvalue weighted by Crippen LogP contribution is 2.39. The molecule has 4 rings (SSSR count). The lowest BCUT2D eigenvalue weighted by atomic mass is 10.1. The summed E-state index contributed by atoms with van der Waals surface area (Å²) in [4.78, 5) is 7.16. The fourth-order valence-corrected chi connectivity index (χ4v) is 3.60. The smallest absolute Gasteiger partial charge is 0.153 e. The molecule has 0 unspecified atom stereocenters. The number of benzene rings is 1. The summed E-state index contributed by atoms with van der Waals surface area (Å²) in [5.74, 6) is 3.40. The van der Waals surface area contributed by atoms with E-state index < -0.39 is 0 Å². The number of methoxy groups -OCH3 is 2. The molecule has 6 heteroatoms. The minimum absolute atomic E-state index is 0.224. The molecule has 1 saturated heterocycles. The van der Waals surface area contributed by atoms with Crippen LogP contribution in [0.1, 0.15) is 48.4 Å². The van der Waals surface area contributed by atoms with E-state index in [1.807, 2.05) is 18.2 Å². The first kappa shape index (κ1) is 17.2. The second-order valence-corrected chi connectivity index (χ2v) is 7.06. The molecule has 1 saturated carbocycles. The van der Waals surface area contributed by atoms with Crippen LogP contribution in [0.2, 0.25) is 0 Å². The van der Waals surface area contributed by atoms with E-state index >= 15 is 0 Å². The van der Waals surface area contributed by atoms with Crippen molar-refractivity contribution in [2.45, 2.75) is 37.3 Å². The molecule has 0 bridgehead atoms. The van der Waals surface area contributed by atoms with E-state index in [-0.39, 0.29) is 12.1 Å². The number of hydrogen-bond acceptors (Lipinski definition) is 5. The van der Waals surface area contributed by atoms with Gasteiger partial charge in [0.25, 0.3) is 0 Å². The molecule has 2 aromatic rings. The third kappa shape index (κ3) is 3.66. The summed E-state index contributed by atoms with van der Waals surface area (Å²) >= 11 is 0. The standard InChI is InChI=1S/C20H26N4O2/c1-25-16-12-17(20-21-19(22-23-20)15-9-10-15)24(13-16)11-5-7-14-6-3-4-8-18(14)26-2/h3-8,15-17H,9-13H2,1-2H3,(H,21,22,23)/t16-,17+/m1/s1. The molecular formula is C20H26N4O2. The Hall–Kier alpha value is -2.18. The van der Waals surface area contributed by atoms with Gasteiger partial charge >= 0.3 is 0 Å². The molecule has 26 heavy (non-hydrogen) atoms. The van der Waals surface area contributed by atoms with E-state index in [1.54, 1.807) is 14.2 Å². The van der Waals surface area contributed by atoms with Crippen molar-refractivity contribution in [1.82, 2.24) is 20.1 Å². The minimum Gasteiger partial charge on any atom is -0.496 e. The molecule has 1 aliphatic carbocycles. The first-order chi connectivity index (χ1) is 12.8. The maximum absolute atomic E-state index is 5.61. The Morgan fingerprint density at radius 1 is 1.27 bits per heavy atom. The lowest BCUT2D eigenvalue weighted by molar-refractivity contribution is 0.109. The zero-order valence-electron chi connectivity index (χ0n) is 15.4. The van der Waals surface area contributed by atoms with Crippen LogP contribution in [0.3, 0.4) is 0 Å². The van der Waals surface area contributed by atoms with Gasteiger partial charge in [-0.15, -0.1) is 0 Å². The van der Waals surface area contributed by atoms with E-state index in [4.69, 9.17) is 14.5 Å². The van der Waals surface area contributed by atoms with E-state index in [0.717, 1.165) is 42.5 Å². The van der Waals surface area contributed by atoms with Crippen LogP contribution in [0.4, 0.5) is 0 Å². The van der Waals surface area contributed by atoms with Crippen LogP contribution in [0.25, 0.3) is 6.08 Å². The lowest BCUT2D eigenvalue weighted by Gasteiger charge is -2.20. The molecule has 0 spiro atoms. The van der Waals surface area contributed by atoms with Crippen LogP contribution >= 0.6 is 0 Å². The summed E-state index contributed by atoms with van der Waals surface area (Å²) in [6.45, 7) is 1.74. The molecule has 1 aromatic heterocycles. The van der Waals surface area contributed by atoms with E-state index in [1.165, 1.54) is 12.8 Å². The monoisotopic (exact) mass is 354 g/mol. The SMILES string of the molecule is COc1ccccc1C=CCN1C[C@H](OC)C[C@H]1c1nc(C2CC2)n[nH]1. The third-order valence-corrected chi connectivity index (χ3v) is 5.25. The molecule has 1 aliphatic heterocycles. The molecule has 2 atom stereocenters. The number of likely N-dealkylation sites (tertiary alicyclic amines) is 1. The fraction of sp³-hybridized carbons (Fsp3) is 0.500. The van der Waals surface area contributed by atoms with Crippen molar-refractivity contribution in [1.29, 1.82) is 0 Å². The molecule has 0 amide bonds. The van der Waals surface area contributed by atoms with Gasteiger partial charge in [0.2, 0.25) is 0 Å². The molecule has 138 valence electrons. The molecule has 2 heterocycles. The summed E-state index contributed by atoms with van der Waals surface area (Å²) in [6, 6.07) is 8.27. The van der Waals surface area contributed by atoms with Gasteiger partial charge in [0.1, 0.15) is 11.6 Å². The minimum atomic E-state index is 0.224. The highest BCUT2D eigenvalue weighted by atomic mass is 16.5. The van der Waals surface area contributed by atoms with Crippen molar-refractivity contribution in [2.24, 2.45) is 0 Å². The molecule has 1 aromatic carbocycles. The van der Waals surface area contributed by atoms with Gasteiger partial charge in [-0.3, -0.25) is 10.00 Å². The molecule has 0 radical (unpaired) electrons. The molecule has 2 aliphatic rings. The number of H-pyrrole nitrogens is 1. The quantitative estimate of drug-likeness (QED) is 0.827. The van der Waals surface area contributed by atoms with Crippen LogP contribution in [-0.2, 0) is 4.74 Å². The maximum Gasteiger partial charge on any atom is 0.153 e. The number of aromatic nitrogens is 3. The third-order valence-electron chi connectivity index (χ3n) is 5.25. The second kappa shape index (κ2) is 7.60. The lowest BCUT2D eigenvalue weighted by Crippen LogP contribution is -2.26. The van der Waals surface area contributed by atoms with Crippen molar-refractivity contribution >= 4 is 6.08 Å². The van der Waals surface area contributed by atoms with Crippen LogP contribution < -0.4 is 4.74 Å². The van der Waals surface area contributed by atoms with Crippen LogP contribution in [-0.4, -0.2) is 53.5 Å². The number of para-hydroxylation sites is 1. The Balaban J connectivity index is 1.46. The van der Waals surface area contributed by atoms with Gasteiger partial charge in [-0.05, 0) is 25.3 Å². The van der Waals surface area contributed by atoms with Gasteiger partial charge in [0.05, 0.1) is 19.3 Å². The summed E-state index contributed by atoms with van der Waals surface area (Å²) < 4.78 is 11.0.